The number of piperidine rings is 1. The summed E-state index contributed by atoms with van der Waals surface area (Å²) < 4.78 is 0. The van der Waals surface area contributed by atoms with Crippen LogP contribution in [0.1, 0.15) is 58.9 Å². The Hall–Kier alpha value is -1.55. The fraction of sp³-hybridized carbons (Fsp3) is 0.708. The van der Waals surface area contributed by atoms with Gasteiger partial charge in [-0.05, 0) is 42.4 Å². The quantitative estimate of drug-likeness (QED) is 0.776. The first-order chi connectivity index (χ1) is 13.2. The Morgan fingerprint density at radius 3 is 2.04 bits per heavy atom. The second-order valence-corrected chi connectivity index (χ2v) is 10.0. The molecule has 2 heterocycles. The van der Waals surface area contributed by atoms with Crippen molar-refractivity contribution in [2.24, 2.45) is 11.3 Å². The molecule has 4 nitrogen and oxygen atoms in total. The molecule has 2 aliphatic heterocycles. The highest BCUT2D eigenvalue weighted by molar-refractivity contribution is 5.81. The van der Waals surface area contributed by atoms with Crippen molar-refractivity contribution in [1.29, 1.82) is 0 Å². The van der Waals surface area contributed by atoms with Crippen molar-refractivity contribution in [3.63, 3.8) is 0 Å². The molecule has 1 amide bonds. The van der Waals surface area contributed by atoms with Crippen LogP contribution in [0.4, 0.5) is 5.69 Å². The molecule has 4 heteroatoms. The van der Waals surface area contributed by atoms with Crippen LogP contribution in [0.3, 0.4) is 0 Å². The molecule has 1 aromatic carbocycles. The molecule has 0 radical (unpaired) electrons. The summed E-state index contributed by atoms with van der Waals surface area (Å²) in [4.78, 5) is 19.6. The van der Waals surface area contributed by atoms with E-state index >= 15 is 0 Å². The molecule has 0 unspecified atom stereocenters. The number of benzene rings is 1. The maximum absolute atomic E-state index is 12.4. The number of amides is 1. The maximum Gasteiger partial charge on any atom is 0.228 e. The summed E-state index contributed by atoms with van der Waals surface area (Å²) in [6.07, 6.45) is 2.54. The minimum atomic E-state index is -0.262. The normalized spacial score (nSPS) is 20.1. The Labute approximate surface area is 171 Å². The van der Waals surface area contributed by atoms with Crippen LogP contribution >= 0.6 is 0 Å². The smallest absolute Gasteiger partial charge is 0.228 e. The summed E-state index contributed by atoms with van der Waals surface area (Å²) in [6, 6.07) is 9.15. The third kappa shape index (κ3) is 5.28. The first-order valence-electron chi connectivity index (χ1n) is 11.1. The molecular weight excluding hydrogens is 346 g/mol. The Morgan fingerprint density at radius 1 is 0.964 bits per heavy atom. The average Bonchev–Trinajstić information content (AvgIpc) is 2.68. The van der Waals surface area contributed by atoms with E-state index in [1.165, 1.54) is 30.6 Å². The van der Waals surface area contributed by atoms with Gasteiger partial charge >= 0.3 is 0 Å². The summed E-state index contributed by atoms with van der Waals surface area (Å²) in [5.74, 6) is 1.68. The van der Waals surface area contributed by atoms with Crippen molar-refractivity contribution in [2.75, 3.05) is 50.7 Å². The third-order valence-corrected chi connectivity index (χ3v) is 6.36. The molecule has 2 saturated heterocycles. The molecular formula is C24H39N3O. The van der Waals surface area contributed by atoms with Crippen LogP contribution in [-0.4, -0.2) is 61.5 Å². The summed E-state index contributed by atoms with van der Waals surface area (Å²) in [7, 11) is 0. The summed E-state index contributed by atoms with van der Waals surface area (Å²) in [6.45, 7) is 17.9. The van der Waals surface area contributed by atoms with Gasteiger partial charge in [-0.3, -0.25) is 9.69 Å². The zero-order valence-corrected chi connectivity index (χ0v) is 18.6. The van der Waals surface area contributed by atoms with E-state index in [4.69, 9.17) is 0 Å². The predicted molar refractivity (Wildman–Crippen MR) is 118 cm³/mol. The minimum absolute atomic E-state index is 0.262. The SMILES string of the molecule is CC(C)c1ccc(N2CCC(CN3CCN(C(=O)C(C)(C)C)CC3)CC2)cc1. The van der Waals surface area contributed by atoms with Gasteiger partial charge in [0.1, 0.15) is 0 Å². The van der Waals surface area contributed by atoms with Crippen molar-refractivity contribution in [1.82, 2.24) is 9.80 Å². The number of hydrogen-bond acceptors (Lipinski definition) is 3. The Bertz CT molecular complexity index is 631. The topological polar surface area (TPSA) is 26.8 Å². The van der Waals surface area contributed by atoms with Crippen molar-refractivity contribution in [3.8, 4) is 0 Å². The number of rotatable bonds is 4. The summed E-state index contributed by atoms with van der Waals surface area (Å²) >= 11 is 0. The zero-order chi connectivity index (χ0) is 20.3. The molecule has 0 aliphatic carbocycles. The predicted octanol–water partition coefficient (Wildman–Crippen LogP) is 4.22. The largest absolute Gasteiger partial charge is 0.372 e. The van der Waals surface area contributed by atoms with E-state index in [2.05, 4.69) is 52.8 Å². The van der Waals surface area contributed by atoms with Crippen LogP contribution in [0.25, 0.3) is 0 Å². The highest BCUT2D eigenvalue weighted by Crippen LogP contribution is 2.26. The lowest BCUT2D eigenvalue weighted by Crippen LogP contribution is -2.52. The van der Waals surface area contributed by atoms with Gasteiger partial charge in [0.2, 0.25) is 5.91 Å². The molecule has 0 aromatic heterocycles. The fourth-order valence-electron chi connectivity index (χ4n) is 4.42. The molecule has 0 spiro atoms. The van der Waals surface area contributed by atoms with Crippen LogP contribution in [0.5, 0.6) is 0 Å². The van der Waals surface area contributed by atoms with Crippen LogP contribution in [-0.2, 0) is 4.79 Å². The number of carbonyl (C=O) groups excluding carboxylic acids is 1. The molecule has 1 aromatic rings. The summed E-state index contributed by atoms with van der Waals surface area (Å²) in [5, 5.41) is 0. The van der Waals surface area contributed by atoms with E-state index in [9.17, 15) is 4.79 Å². The second-order valence-electron chi connectivity index (χ2n) is 10.0. The molecule has 156 valence electrons. The number of anilines is 1. The first-order valence-corrected chi connectivity index (χ1v) is 11.1. The van der Waals surface area contributed by atoms with E-state index in [1.807, 2.05) is 20.8 Å². The second kappa shape index (κ2) is 8.86. The molecule has 0 saturated carbocycles. The molecule has 0 atom stereocenters. The van der Waals surface area contributed by atoms with Gasteiger partial charge in [0.25, 0.3) is 0 Å². The van der Waals surface area contributed by atoms with E-state index < -0.39 is 0 Å². The number of nitrogens with zero attached hydrogens (tertiary/aromatic N) is 3. The van der Waals surface area contributed by atoms with Gasteiger partial charge in [0.15, 0.2) is 0 Å². The zero-order valence-electron chi connectivity index (χ0n) is 18.6. The van der Waals surface area contributed by atoms with E-state index in [0.717, 1.165) is 45.2 Å². The van der Waals surface area contributed by atoms with E-state index in [1.54, 1.807) is 0 Å². The van der Waals surface area contributed by atoms with Gasteiger partial charge in [0, 0.05) is 56.9 Å². The third-order valence-electron chi connectivity index (χ3n) is 6.36. The fourth-order valence-corrected chi connectivity index (χ4v) is 4.42. The molecule has 28 heavy (non-hydrogen) atoms. The monoisotopic (exact) mass is 385 g/mol. The first kappa shape index (κ1) is 21.2. The van der Waals surface area contributed by atoms with Crippen molar-refractivity contribution in [2.45, 2.75) is 53.4 Å². The molecule has 2 fully saturated rings. The lowest BCUT2D eigenvalue weighted by atomic mass is 9.93. The Balaban J connectivity index is 1.42. The van der Waals surface area contributed by atoms with Gasteiger partial charge in [-0.1, -0.05) is 46.8 Å². The Morgan fingerprint density at radius 2 is 1.54 bits per heavy atom. The van der Waals surface area contributed by atoms with Crippen LogP contribution in [0.2, 0.25) is 0 Å². The molecule has 3 rings (SSSR count). The van der Waals surface area contributed by atoms with Gasteiger partial charge < -0.3 is 9.80 Å². The van der Waals surface area contributed by atoms with Crippen LogP contribution < -0.4 is 4.90 Å². The highest BCUT2D eigenvalue weighted by atomic mass is 16.2. The standard InChI is InChI=1S/C24H39N3O/c1-19(2)21-6-8-22(9-7-21)26-12-10-20(11-13-26)18-25-14-16-27(17-15-25)23(28)24(3,4)5/h6-9,19-20H,10-18H2,1-5H3. The number of carbonyl (C=O) groups is 1. The van der Waals surface area contributed by atoms with Crippen LogP contribution in [0, 0.1) is 11.3 Å². The van der Waals surface area contributed by atoms with Gasteiger partial charge in [-0.25, -0.2) is 0 Å². The Kier molecular flexibility index (Phi) is 6.69. The van der Waals surface area contributed by atoms with Crippen molar-refractivity contribution < 1.29 is 4.79 Å². The highest BCUT2D eigenvalue weighted by Gasteiger charge is 2.30. The van der Waals surface area contributed by atoms with Crippen molar-refractivity contribution >= 4 is 11.6 Å². The number of piperazine rings is 1. The molecule has 2 aliphatic rings. The number of hydrogen-bond donors (Lipinski definition) is 0. The lowest BCUT2D eigenvalue weighted by Gasteiger charge is -2.40. The van der Waals surface area contributed by atoms with E-state index in [-0.39, 0.29) is 5.41 Å². The maximum atomic E-state index is 12.4. The molecule has 0 bridgehead atoms. The average molecular weight is 386 g/mol. The van der Waals surface area contributed by atoms with Crippen LogP contribution in [0.15, 0.2) is 24.3 Å². The van der Waals surface area contributed by atoms with E-state index in [0.29, 0.717) is 11.8 Å². The van der Waals surface area contributed by atoms with Crippen molar-refractivity contribution in [3.05, 3.63) is 29.8 Å². The lowest BCUT2D eigenvalue weighted by molar-refractivity contribution is -0.141. The molecule has 0 N–H and O–H groups in total. The summed E-state index contributed by atoms with van der Waals surface area (Å²) in [5.41, 5.74) is 2.53. The van der Waals surface area contributed by atoms with Gasteiger partial charge in [-0.2, -0.15) is 0 Å². The van der Waals surface area contributed by atoms with Gasteiger partial charge in [-0.15, -0.1) is 0 Å². The van der Waals surface area contributed by atoms with Gasteiger partial charge in [0.05, 0.1) is 0 Å². The minimum Gasteiger partial charge on any atom is -0.372 e.